The van der Waals surface area contributed by atoms with E-state index in [2.05, 4.69) is 29.4 Å². The largest absolute Gasteiger partial charge is 0.493 e. The number of pyridine rings is 1. The van der Waals surface area contributed by atoms with Gasteiger partial charge in [0.2, 0.25) is 0 Å². The van der Waals surface area contributed by atoms with Gasteiger partial charge in [-0.1, -0.05) is 18.2 Å². The zero-order chi connectivity index (χ0) is 27.5. The van der Waals surface area contributed by atoms with Crippen LogP contribution in [0, 0.1) is 25.2 Å². The molecule has 3 aromatic carbocycles. The molecular formula is C31H25N3O5. The number of benzene rings is 3. The number of hydrogen-bond acceptors (Lipinski definition) is 6. The van der Waals surface area contributed by atoms with E-state index in [1.54, 1.807) is 30.3 Å². The molecule has 4 aromatic rings. The fourth-order valence-electron chi connectivity index (χ4n) is 4.40. The first-order chi connectivity index (χ1) is 18.8. The van der Waals surface area contributed by atoms with Gasteiger partial charge in [0.15, 0.2) is 0 Å². The highest BCUT2D eigenvalue weighted by Crippen LogP contribution is 2.39. The van der Waals surface area contributed by atoms with Crippen molar-refractivity contribution in [2.24, 2.45) is 0 Å². The number of nitrogens with zero attached hydrogens (tertiary/aromatic N) is 2. The summed E-state index contributed by atoms with van der Waals surface area (Å²) in [4.78, 5) is 29.1. The minimum Gasteiger partial charge on any atom is -0.493 e. The number of fused-ring (bicyclic) bond motifs is 1. The molecule has 0 bridgehead atoms. The number of ether oxygens (including phenoxy) is 2. The van der Waals surface area contributed by atoms with Crippen molar-refractivity contribution < 1.29 is 24.2 Å². The summed E-state index contributed by atoms with van der Waals surface area (Å²) in [5.74, 6) is -0.555. The molecule has 1 amide bonds. The van der Waals surface area contributed by atoms with Crippen LogP contribution in [-0.4, -0.2) is 28.6 Å². The smallest absolute Gasteiger partial charge is 0.311 e. The lowest BCUT2D eigenvalue weighted by Gasteiger charge is -2.24. The molecule has 0 radical (unpaired) electrons. The zero-order valence-electron chi connectivity index (χ0n) is 21.4. The first-order valence-corrected chi connectivity index (χ1v) is 12.4. The third kappa shape index (κ3) is 5.43. The van der Waals surface area contributed by atoms with Crippen LogP contribution in [-0.2, 0) is 4.79 Å². The van der Waals surface area contributed by atoms with Crippen LogP contribution >= 0.6 is 0 Å². The molecule has 39 heavy (non-hydrogen) atoms. The van der Waals surface area contributed by atoms with E-state index >= 15 is 0 Å². The van der Waals surface area contributed by atoms with Gasteiger partial charge < -0.3 is 19.9 Å². The topological polar surface area (TPSA) is 122 Å². The number of hydrogen-bond donors (Lipinski definition) is 2. The van der Waals surface area contributed by atoms with Gasteiger partial charge >= 0.3 is 5.97 Å². The Bertz CT molecular complexity index is 1620. The van der Waals surface area contributed by atoms with Crippen LogP contribution in [0.3, 0.4) is 0 Å². The molecule has 0 saturated heterocycles. The second-order valence-electron chi connectivity index (χ2n) is 9.31. The summed E-state index contributed by atoms with van der Waals surface area (Å²) in [6.45, 7) is 4.37. The highest BCUT2D eigenvalue weighted by atomic mass is 16.5. The highest BCUT2D eigenvalue weighted by molar-refractivity contribution is 6.03. The summed E-state index contributed by atoms with van der Waals surface area (Å²) in [6.07, 6.45) is 0.336. The minimum absolute atomic E-state index is 0.196. The van der Waals surface area contributed by atoms with E-state index in [0.29, 0.717) is 34.9 Å². The first kappa shape index (κ1) is 25.5. The number of carboxylic acid groups (broad SMARTS) is 1. The SMILES string of the molecule is Cc1ccc(-c2cccc(NC(=O)c3ccc(Oc4cc5c(cc4C#N)C(C(=O)O)CCO5)cc3)n2)cc1C. The summed E-state index contributed by atoms with van der Waals surface area (Å²) in [7, 11) is 0. The maximum absolute atomic E-state index is 12.9. The number of aryl methyl sites for hydroxylation is 2. The van der Waals surface area contributed by atoms with Crippen LogP contribution in [0.15, 0.2) is 72.8 Å². The molecule has 1 aliphatic heterocycles. The van der Waals surface area contributed by atoms with Gasteiger partial charge in [0.25, 0.3) is 5.91 Å². The predicted molar refractivity (Wildman–Crippen MR) is 145 cm³/mol. The summed E-state index contributed by atoms with van der Waals surface area (Å²) in [5, 5.41) is 21.9. The van der Waals surface area contributed by atoms with E-state index in [-0.39, 0.29) is 23.8 Å². The van der Waals surface area contributed by atoms with Crippen molar-refractivity contribution in [3.63, 3.8) is 0 Å². The van der Waals surface area contributed by atoms with Gasteiger partial charge in [-0.15, -0.1) is 0 Å². The minimum atomic E-state index is -0.960. The van der Waals surface area contributed by atoms with Crippen LogP contribution in [0.5, 0.6) is 17.2 Å². The second-order valence-corrected chi connectivity index (χ2v) is 9.31. The molecule has 0 spiro atoms. The Morgan fingerprint density at radius 3 is 2.56 bits per heavy atom. The molecule has 5 rings (SSSR count). The van der Waals surface area contributed by atoms with Crippen molar-refractivity contribution in [1.29, 1.82) is 5.26 Å². The normalized spacial score (nSPS) is 13.9. The van der Waals surface area contributed by atoms with Crippen LogP contribution < -0.4 is 14.8 Å². The molecule has 0 saturated carbocycles. The van der Waals surface area contributed by atoms with Gasteiger partial charge in [-0.2, -0.15) is 5.26 Å². The Morgan fingerprint density at radius 1 is 1.05 bits per heavy atom. The maximum atomic E-state index is 12.9. The fraction of sp³-hybridized carbons (Fsp3) is 0.161. The molecule has 8 heteroatoms. The molecule has 2 heterocycles. The summed E-state index contributed by atoms with van der Waals surface area (Å²) < 4.78 is 11.5. The average molecular weight is 520 g/mol. The Labute approximate surface area is 225 Å². The number of nitriles is 1. The molecule has 194 valence electrons. The number of aliphatic carboxylic acids is 1. The van der Waals surface area contributed by atoms with Crippen LogP contribution in [0.4, 0.5) is 5.82 Å². The lowest BCUT2D eigenvalue weighted by atomic mass is 9.91. The summed E-state index contributed by atoms with van der Waals surface area (Å²) in [6, 6.07) is 23.2. The first-order valence-electron chi connectivity index (χ1n) is 12.4. The number of nitrogens with one attached hydrogen (secondary N) is 1. The van der Waals surface area contributed by atoms with Gasteiger partial charge in [-0.25, -0.2) is 4.98 Å². The summed E-state index contributed by atoms with van der Waals surface area (Å²) in [5.41, 5.74) is 5.16. The van der Waals surface area contributed by atoms with Gasteiger partial charge in [-0.3, -0.25) is 9.59 Å². The molecule has 1 unspecified atom stereocenters. The average Bonchev–Trinajstić information content (AvgIpc) is 2.94. The van der Waals surface area contributed by atoms with Gasteiger partial charge in [0.05, 0.1) is 23.8 Å². The quantitative estimate of drug-likeness (QED) is 0.310. The third-order valence-electron chi connectivity index (χ3n) is 6.71. The Kier molecular flexibility index (Phi) is 6.98. The third-order valence-corrected chi connectivity index (χ3v) is 6.71. The van der Waals surface area contributed by atoms with Crippen LogP contribution in [0.1, 0.15) is 45.0 Å². The van der Waals surface area contributed by atoms with Crippen molar-refractivity contribution >= 4 is 17.7 Å². The predicted octanol–water partition coefficient (Wildman–Crippen LogP) is 6.23. The van der Waals surface area contributed by atoms with Crippen LogP contribution in [0.25, 0.3) is 11.3 Å². The Hall–Kier alpha value is -5.16. The molecule has 2 N–H and O–H groups in total. The van der Waals surface area contributed by atoms with Crippen LogP contribution in [0.2, 0.25) is 0 Å². The van der Waals surface area contributed by atoms with Crippen molar-refractivity contribution in [1.82, 2.24) is 4.98 Å². The fourth-order valence-corrected chi connectivity index (χ4v) is 4.40. The molecule has 0 fully saturated rings. The monoisotopic (exact) mass is 519 g/mol. The number of anilines is 1. The van der Waals surface area contributed by atoms with Crippen molar-refractivity contribution in [2.75, 3.05) is 11.9 Å². The molecule has 1 aromatic heterocycles. The molecule has 1 atom stereocenters. The zero-order valence-corrected chi connectivity index (χ0v) is 21.4. The standard InChI is InChI=1S/C31H25N3O5/c1-18-6-7-21(14-19(18)2)26-4-3-5-29(33-26)34-30(35)20-8-10-23(11-9-20)39-27-16-28-25(15-22(27)17-32)24(31(36)37)12-13-38-28/h3-11,14-16,24H,12-13H2,1-2H3,(H,36,37)(H,33,34,35). The number of aromatic nitrogens is 1. The van der Waals surface area contributed by atoms with Crippen molar-refractivity contribution in [3.05, 3.63) is 101 Å². The van der Waals surface area contributed by atoms with Gasteiger partial charge in [0, 0.05) is 22.8 Å². The number of amides is 1. The van der Waals surface area contributed by atoms with Crippen molar-refractivity contribution in [2.45, 2.75) is 26.2 Å². The second kappa shape index (κ2) is 10.7. The lowest BCUT2D eigenvalue weighted by Crippen LogP contribution is -2.21. The number of carbonyl (C=O) groups excluding carboxylic acids is 1. The van der Waals surface area contributed by atoms with E-state index < -0.39 is 11.9 Å². The van der Waals surface area contributed by atoms with E-state index in [1.807, 2.05) is 31.2 Å². The van der Waals surface area contributed by atoms with Gasteiger partial charge in [-0.05, 0) is 79.9 Å². The van der Waals surface area contributed by atoms with Gasteiger partial charge in [0.1, 0.15) is 29.1 Å². The van der Waals surface area contributed by atoms with E-state index in [4.69, 9.17) is 9.47 Å². The Balaban J connectivity index is 1.31. The molecular weight excluding hydrogens is 494 g/mol. The molecule has 1 aliphatic rings. The number of carbonyl (C=O) groups is 2. The lowest BCUT2D eigenvalue weighted by molar-refractivity contribution is -0.139. The number of rotatable bonds is 6. The van der Waals surface area contributed by atoms with E-state index in [9.17, 15) is 20.0 Å². The van der Waals surface area contributed by atoms with E-state index in [1.165, 1.54) is 23.3 Å². The van der Waals surface area contributed by atoms with E-state index in [0.717, 1.165) is 11.3 Å². The maximum Gasteiger partial charge on any atom is 0.311 e. The van der Waals surface area contributed by atoms with Crippen molar-refractivity contribution in [3.8, 4) is 34.6 Å². The highest BCUT2D eigenvalue weighted by Gasteiger charge is 2.29. The summed E-state index contributed by atoms with van der Waals surface area (Å²) >= 11 is 0. The molecule has 8 nitrogen and oxygen atoms in total. The molecule has 0 aliphatic carbocycles. The number of carboxylic acids is 1. The Morgan fingerprint density at radius 2 is 1.85 bits per heavy atom.